The highest BCUT2D eigenvalue weighted by atomic mass is 79.9. The van der Waals surface area contributed by atoms with Crippen LogP contribution < -0.4 is 15.4 Å². The van der Waals surface area contributed by atoms with Crippen LogP contribution in [-0.4, -0.2) is 58.4 Å². The number of ether oxygens (including phenoxy) is 2. The van der Waals surface area contributed by atoms with Gasteiger partial charge in [-0.05, 0) is 52.3 Å². The minimum absolute atomic E-state index is 0.143. The summed E-state index contributed by atoms with van der Waals surface area (Å²) >= 11 is 3.57. The van der Waals surface area contributed by atoms with Gasteiger partial charge in [0.2, 0.25) is 11.9 Å². The summed E-state index contributed by atoms with van der Waals surface area (Å²) < 4.78 is 13.2. The van der Waals surface area contributed by atoms with Crippen molar-refractivity contribution in [2.45, 2.75) is 6.04 Å². The van der Waals surface area contributed by atoms with Crippen molar-refractivity contribution in [1.82, 2.24) is 24.9 Å². The zero-order valence-electron chi connectivity index (χ0n) is 16.6. The average Bonchev–Trinajstić information content (AvgIpc) is 3.15. The van der Waals surface area contributed by atoms with Crippen LogP contribution in [0.3, 0.4) is 0 Å². The molecule has 0 radical (unpaired) electrons. The molecule has 2 N–H and O–H groups in total. The third-order valence-corrected chi connectivity index (χ3v) is 5.69. The van der Waals surface area contributed by atoms with E-state index in [0.29, 0.717) is 30.6 Å². The molecule has 1 aliphatic heterocycles. The molecule has 9 nitrogen and oxygen atoms in total. The van der Waals surface area contributed by atoms with Gasteiger partial charge in [-0.1, -0.05) is 6.07 Å². The van der Waals surface area contributed by atoms with Gasteiger partial charge in [-0.2, -0.15) is 4.52 Å². The van der Waals surface area contributed by atoms with Crippen LogP contribution in [0.2, 0.25) is 0 Å². The number of carbonyl (C=O) groups is 1. The zero-order valence-corrected chi connectivity index (χ0v) is 18.2. The number of fused-ring (bicyclic) bond motifs is 3. The molecule has 1 aliphatic rings. The molecule has 1 saturated heterocycles. The molecule has 0 spiro atoms. The van der Waals surface area contributed by atoms with Crippen molar-refractivity contribution < 1.29 is 14.3 Å². The highest BCUT2D eigenvalue weighted by Gasteiger charge is 2.24. The molecule has 4 aromatic rings. The van der Waals surface area contributed by atoms with E-state index < -0.39 is 6.04 Å². The second kappa shape index (κ2) is 8.12. The number of hydrogen-bond donors (Lipinski definition) is 2. The number of hydrogen-bond acceptors (Lipinski definition) is 7. The number of anilines is 1. The van der Waals surface area contributed by atoms with Gasteiger partial charge in [0.25, 0.3) is 0 Å². The SMILES string of the molecule is COc1ccc(-c2nc3c4cccc(Br)c4nc(N[C@H]4COCCNC4=O)n3n2)cc1. The second-order valence-corrected chi connectivity index (χ2v) is 7.89. The van der Waals surface area contributed by atoms with Crippen LogP contribution in [0.25, 0.3) is 27.9 Å². The lowest BCUT2D eigenvalue weighted by Crippen LogP contribution is -2.41. The van der Waals surface area contributed by atoms with E-state index in [4.69, 9.17) is 19.4 Å². The standard InChI is InChI=1S/C21H19BrN6O3/c1-30-13-7-5-12(6-8-13)18-26-19-14-3-2-4-15(22)17(14)25-21(28(19)27-18)24-16-11-31-10-9-23-20(16)29/h2-8,16H,9-11H2,1H3,(H,23,29)(H,24,25)/t16-/m0/s1. The van der Waals surface area contributed by atoms with Gasteiger partial charge in [-0.3, -0.25) is 4.79 Å². The topological polar surface area (TPSA) is 103 Å². The number of rotatable bonds is 4. The van der Waals surface area contributed by atoms with Crippen LogP contribution in [0.5, 0.6) is 5.75 Å². The number of benzene rings is 2. The largest absolute Gasteiger partial charge is 0.497 e. The van der Waals surface area contributed by atoms with Gasteiger partial charge >= 0.3 is 0 Å². The predicted octanol–water partition coefficient (Wildman–Crippen LogP) is 2.64. The first-order valence-electron chi connectivity index (χ1n) is 9.75. The minimum Gasteiger partial charge on any atom is -0.497 e. The summed E-state index contributed by atoms with van der Waals surface area (Å²) in [6.45, 7) is 1.19. The normalized spacial score (nSPS) is 16.8. The first kappa shape index (κ1) is 19.7. The number of para-hydroxylation sites is 1. The fourth-order valence-corrected chi connectivity index (χ4v) is 3.92. The third kappa shape index (κ3) is 3.68. The van der Waals surface area contributed by atoms with Crippen LogP contribution in [0, 0.1) is 0 Å². The minimum atomic E-state index is -0.591. The highest BCUT2D eigenvalue weighted by molar-refractivity contribution is 9.10. The van der Waals surface area contributed by atoms with Gasteiger partial charge in [0.1, 0.15) is 11.8 Å². The number of amides is 1. The third-order valence-electron chi connectivity index (χ3n) is 5.05. The Labute approximate surface area is 185 Å². The Morgan fingerprint density at radius 1 is 1.23 bits per heavy atom. The van der Waals surface area contributed by atoms with Crippen LogP contribution in [0.15, 0.2) is 46.9 Å². The van der Waals surface area contributed by atoms with Gasteiger partial charge in [0.05, 0.1) is 25.8 Å². The lowest BCUT2D eigenvalue weighted by Gasteiger charge is -2.16. The molecule has 0 saturated carbocycles. The number of methoxy groups -OCH3 is 1. The molecule has 0 bridgehead atoms. The summed E-state index contributed by atoms with van der Waals surface area (Å²) in [5.74, 6) is 1.56. The van der Waals surface area contributed by atoms with Gasteiger partial charge < -0.3 is 20.1 Å². The van der Waals surface area contributed by atoms with E-state index in [1.54, 1.807) is 11.6 Å². The van der Waals surface area contributed by atoms with E-state index in [9.17, 15) is 4.79 Å². The Bertz CT molecular complexity index is 1270. The van der Waals surface area contributed by atoms with Gasteiger partial charge in [-0.15, -0.1) is 5.10 Å². The molecule has 2 aromatic carbocycles. The molecule has 1 amide bonds. The molecule has 5 rings (SSSR count). The van der Waals surface area contributed by atoms with Crippen molar-refractivity contribution in [1.29, 1.82) is 0 Å². The van der Waals surface area contributed by atoms with Crippen molar-refractivity contribution in [3.63, 3.8) is 0 Å². The van der Waals surface area contributed by atoms with E-state index in [1.165, 1.54) is 0 Å². The van der Waals surface area contributed by atoms with Gasteiger partial charge in [0, 0.05) is 22.0 Å². The summed E-state index contributed by atoms with van der Waals surface area (Å²) in [6, 6.07) is 12.7. The van der Waals surface area contributed by atoms with Crippen LogP contribution in [0.1, 0.15) is 0 Å². The summed E-state index contributed by atoms with van der Waals surface area (Å²) in [5, 5.41) is 11.5. The second-order valence-electron chi connectivity index (χ2n) is 7.03. The molecular weight excluding hydrogens is 464 g/mol. The van der Waals surface area contributed by atoms with E-state index in [-0.39, 0.29) is 12.5 Å². The maximum absolute atomic E-state index is 12.4. The van der Waals surface area contributed by atoms with Crippen molar-refractivity contribution in [2.24, 2.45) is 0 Å². The molecule has 3 heterocycles. The molecule has 1 atom stereocenters. The summed E-state index contributed by atoms with van der Waals surface area (Å²) in [7, 11) is 1.62. The van der Waals surface area contributed by atoms with Gasteiger partial charge in [-0.25, -0.2) is 9.97 Å². The first-order valence-corrected chi connectivity index (χ1v) is 10.5. The van der Waals surface area contributed by atoms with Crippen LogP contribution >= 0.6 is 15.9 Å². The Morgan fingerprint density at radius 2 is 2.06 bits per heavy atom. The van der Waals surface area contributed by atoms with E-state index in [1.807, 2.05) is 42.5 Å². The van der Waals surface area contributed by atoms with Crippen molar-refractivity contribution in [3.8, 4) is 17.1 Å². The Balaban J connectivity index is 1.66. The fourth-order valence-electron chi connectivity index (χ4n) is 3.46. The van der Waals surface area contributed by atoms with Gasteiger partial charge in [0.15, 0.2) is 11.5 Å². The maximum atomic E-state index is 12.4. The molecular formula is C21H19BrN6O3. The van der Waals surface area contributed by atoms with E-state index >= 15 is 0 Å². The molecule has 31 heavy (non-hydrogen) atoms. The molecule has 0 unspecified atom stereocenters. The van der Waals surface area contributed by atoms with E-state index in [2.05, 4.69) is 31.7 Å². The quantitative estimate of drug-likeness (QED) is 0.460. The Kier molecular flexibility index (Phi) is 5.16. The lowest BCUT2D eigenvalue weighted by atomic mass is 10.2. The number of nitrogens with one attached hydrogen (secondary N) is 2. The smallest absolute Gasteiger partial charge is 0.245 e. The molecule has 0 aliphatic carbocycles. The van der Waals surface area contributed by atoms with Crippen molar-refractivity contribution in [2.75, 3.05) is 32.2 Å². The zero-order chi connectivity index (χ0) is 21.4. The number of halogens is 1. The average molecular weight is 483 g/mol. The Hall–Kier alpha value is -3.24. The highest BCUT2D eigenvalue weighted by Crippen LogP contribution is 2.29. The Morgan fingerprint density at radius 3 is 2.87 bits per heavy atom. The molecule has 158 valence electrons. The van der Waals surface area contributed by atoms with E-state index in [0.717, 1.165) is 26.7 Å². The fraction of sp³-hybridized carbons (Fsp3) is 0.238. The maximum Gasteiger partial charge on any atom is 0.245 e. The number of aromatic nitrogens is 4. The van der Waals surface area contributed by atoms with Crippen LogP contribution in [0.4, 0.5) is 5.95 Å². The molecule has 10 heteroatoms. The summed E-state index contributed by atoms with van der Waals surface area (Å²) in [5.41, 5.74) is 2.20. The lowest BCUT2D eigenvalue weighted by molar-refractivity contribution is -0.121. The number of nitrogens with zero attached hydrogens (tertiary/aromatic N) is 4. The van der Waals surface area contributed by atoms with Crippen molar-refractivity contribution >= 4 is 44.3 Å². The predicted molar refractivity (Wildman–Crippen MR) is 119 cm³/mol. The first-order chi connectivity index (χ1) is 15.1. The molecule has 1 fully saturated rings. The van der Waals surface area contributed by atoms with Crippen LogP contribution in [-0.2, 0) is 9.53 Å². The monoisotopic (exact) mass is 482 g/mol. The summed E-state index contributed by atoms with van der Waals surface area (Å²) in [6.07, 6.45) is 0. The molecule has 2 aromatic heterocycles. The number of carbonyl (C=O) groups excluding carboxylic acids is 1. The summed E-state index contributed by atoms with van der Waals surface area (Å²) in [4.78, 5) is 21.9. The van der Waals surface area contributed by atoms with Crippen molar-refractivity contribution in [3.05, 3.63) is 46.9 Å².